The van der Waals surface area contributed by atoms with Crippen LogP contribution in [-0.4, -0.2) is 23.1 Å². The van der Waals surface area contributed by atoms with Gasteiger partial charge in [-0.1, -0.05) is 190 Å². The first-order valence-corrected chi connectivity index (χ1v) is 22.3. The average Bonchev–Trinajstić information content (AvgIpc) is 3.13. The van der Waals surface area contributed by atoms with Crippen molar-refractivity contribution in [2.45, 2.75) is 232 Å². The molecule has 0 fully saturated rings. The number of aliphatic carboxylic acids is 1. The van der Waals surface area contributed by atoms with Crippen molar-refractivity contribution in [3.63, 3.8) is 0 Å². The van der Waals surface area contributed by atoms with E-state index in [9.17, 15) is 9.59 Å². The molecule has 0 amide bonds. The molecule has 0 aromatic carbocycles. The molecule has 0 aliphatic heterocycles. The lowest BCUT2D eigenvalue weighted by Gasteiger charge is -2.18. The van der Waals surface area contributed by atoms with E-state index in [-0.39, 0.29) is 18.5 Å². The largest absolute Gasteiger partial charge is 0.481 e. The van der Waals surface area contributed by atoms with Crippen LogP contribution in [0, 0.1) is 0 Å². The quantitative estimate of drug-likeness (QED) is 0.0388. The van der Waals surface area contributed by atoms with Crippen molar-refractivity contribution in [1.29, 1.82) is 0 Å². The maximum Gasteiger partial charge on any atom is 0.306 e. The van der Waals surface area contributed by atoms with E-state index in [1.807, 2.05) is 0 Å². The van der Waals surface area contributed by atoms with Gasteiger partial charge in [0.2, 0.25) is 0 Å². The molecule has 0 spiro atoms. The highest BCUT2D eigenvalue weighted by Crippen LogP contribution is 2.19. The van der Waals surface area contributed by atoms with E-state index in [1.54, 1.807) is 0 Å². The van der Waals surface area contributed by atoms with Crippen molar-refractivity contribution in [1.82, 2.24) is 0 Å². The molecule has 0 aromatic rings. The Labute approximate surface area is 323 Å². The number of carbonyl (C=O) groups excluding carboxylic acids is 1. The van der Waals surface area contributed by atoms with Crippen LogP contribution >= 0.6 is 0 Å². The number of hydrogen-bond donors (Lipinski definition) is 1. The van der Waals surface area contributed by atoms with E-state index in [4.69, 9.17) is 9.84 Å². The molecular formula is C48H84O4. The predicted molar refractivity (Wildman–Crippen MR) is 227 cm³/mol. The standard InChI is InChI=1S/C48H84O4/c1-3-5-7-9-11-13-15-17-18-19-20-21-22-23-24-25-27-29-31-37-41-45-48(51)52-46(43-39-35-32-33-36-40-44-47(49)50)42-38-34-30-28-26-16-14-12-10-8-6-4-2/h5,7,11,13,17-18,20-21,23-24,46H,3-4,6,8-10,12,14-16,19,22,25-45H2,1-2H3,(H,49,50)/b7-5-,13-11-,18-17-,21-20-,24-23-. The minimum atomic E-state index is -0.695. The van der Waals surface area contributed by atoms with Gasteiger partial charge in [-0.2, -0.15) is 0 Å². The van der Waals surface area contributed by atoms with Gasteiger partial charge in [0.1, 0.15) is 6.10 Å². The molecule has 0 aromatic heterocycles. The summed E-state index contributed by atoms with van der Waals surface area (Å²) in [5, 5.41) is 8.81. The van der Waals surface area contributed by atoms with Crippen LogP contribution in [0.5, 0.6) is 0 Å². The number of ether oxygens (including phenoxy) is 1. The van der Waals surface area contributed by atoms with Crippen LogP contribution in [0.3, 0.4) is 0 Å². The number of carboxylic acid groups (broad SMARTS) is 1. The fourth-order valence-corrected chi connectivity index (χ4v) is 6.51. The third-order valence-electron chi connectivity index (χ3n) is 9.75. The fourth-order valence-electron chi connectivity index (χ4n) is 6.51. The van der Waals surface area contributed by atoms with Gasteiger partial charge in [0.25, 0.3) is 0 Å². The van der Waals surface area contributed by atoms with Gasteiger partial charge in [-0.25, -0.2) is 0 Å². The molecule has 1 N–H and O–H groups in total. The van der Waals surface area contributed by atoms with Gasteiger partial charge < -0.3 is 9.84 Å². The van der Waals surface area contributed by atoms with Crippen molar-refractivity contribution >= 4 is 11.9 Å². The number of esters is 1. The molecule has 4 nitrogen and oxygen atoms in total. The lowest BCUT2D eigenvalue weighted by molar-refractivity contribution is -0.150. The number of hydrogen-bond acceptors (Lipinski definition) is 3. The smallest absolute Gasteiger partial charge is 0.306 e. The van der Waals surface area contributed by atoms with Crippen LogP contribution < -0.4 is 0 Å². The van der Waals surface area contributed by atoms with Crippen molar-refractivity contribution in [2.24, 2.45) is 0 Å². The van der Waals surface area contributed by atoms with E-state index in [0.29, 0.717) is 6.42 Å². The zero-order valence-corrected chi connectivity index (χ0v) is 34.4. The van der Waals surface area contributed by atoms with Crippen molar-refractivity contribution in [3.8, 4) is 0 Å². The van der Waals surface area contributed by atoms with Crippen LogP contribution in [0.4, 0.5) is 0 Å². The Hall–Kier alpha value is -2.36. The SMILES string of the molecule is CC/C=C\C/C=C\C/C=C\C/C=C\C/C=C\CCCCCCCC(=O)OC(CCCCCCCCCCCCCC)CCCCCCCCC(=O)O. The maximum absolute atomic E-state index is 12.7. The Bertz CT molecular complexity index is 911. The molecule has 300 valence electrons. The van der Waals surface area contributed by atoms with Crippen molar-refractivity contribution < 1.29 is 19.4 Å². The van der Waals surface area contributed by atoms with E-state index < -0.39 is 5.97 Å². The highest BCUT2D eigenvalue weighted by molar-refractivity contribution is 5.69. The fraction of sp³-hybridized carbons (Fsp3) is 0.750. The molecule has 0 heterocycles. The van der Waals surface area contributed by atoms with Gasteiger partial charge in [0.15, 0.2) is 0 Å². The van der Waals surface area contributed by atoms with Gasteiger partial charge in [-0.05, 0) is 83.5 Å². The first kappa shape index (κ1) is 49.6. The number of unbranched alkanes of at least 4 members (excludes halogenated alkanes) is 21. The zero-order valence-electron chi connectivity index (χ0n) is 34.4. The summed E-state index contributed by atoms with van der Waals surface area (Å²) in [5.74, 6) is -0.698. The molecule has 4 heteroatoms. The van der Waals surface area contributed by atoms with Crippen LogP contribution in [0.1, 0.15) is 226 Å². The Morgan fingerprint density at radius 1 is 0.442 bits per heavy atom. The Kier molecular flexibility index (Phi) is 41.1. The molecule has 0 saturated carbocycles. The van der Waals surface area contributed by atoms with Crippen LogP contribution in [0.2, 0.25) is 0 Å². The number of allylic oxidation sites excluding steroid dienone is 10. The average molecular weight is 725 g/mol. The second-order valence-corrected chi connectivity index (χ2v) is 14.9. The monoisotopic (exact) mass is 725 g/mol. The van der Waals surface area contributed by atoms with Gasteiger partial charge in [0, 0.05) is 12.8 Å². The molecular weight excluding hydrogens is 641 g/mol. The maximum atomic E-state index is 12.7. The van der Waals surface area contributed by atoms with E-state index in [0.717, 1.165) is 109 Å². The first-order valence-electron chi connectivity index (χ1n) is 22.3. The molecule has 0 radical (unpaired) electrons. The Morgan fingerprint density at radius 2 is 0.808 bits per heavy atom. The van der Waals surface area contributed by atoms with Gasteiger partial charge in [-0.3, -0.25) is 9.59 Å². The minimum Gasteiger partial charge on any atom is -0.481 e. The van der Waals surface area contributed by atoms with Crippen LogP contribution in [0.15, 0.2) is 60.8 Å². The number of carbonyl (C=O) groups is 2. The first-order chi connectivity index (χ1) is 25.6. The van der Waals surface area contributed by atoms with E-state index in [2.05, 4.69) is 74.6 Å². The molecule has 1 unspecified atom stereocenters. The summed E-state index contributed by atoms with van der Waals surface area (Å²) in [7, 11) is 0. The van der Waals surface area contributed by atoms with E-state index >= 15 is 0 Å². The number of rotatable bonds is 40. The molecule has 52 heavy (non-hydrogen) atoms. The minimum absolute atomic E-state index is 0.00334. The Morgan fingerprint density at radius 3 is 1.25 bits per heavy atom. The Balaban J connectivity index is 4.06. The summed E-state index contributed by atoms with van der Waals surface area (Å²) in [6, 6.07) is 0. The summed E-state index contributed by atoms with van der Waals surface area (Å²) in [6.07, 6.45) is 59.6. The van der Waals surface area contributed by atoms with E-state index in [1.165, 1.54) is 89.9 Å². The summed E-state index contributed by atoms with van der Waals surface area (Å²) in [6.45, 7) is 4.44. The molecule has 0 saturated heterocycles. The van der Waals surface area contributed by atoms with Gasteiger partial charge in [-0.15, -0.1) is 0 Å². The second kappa shape index (κ2) is 43.0. The highest BCUT2D eigenvalue weighted by atomic mass is 16.5. The molecule has 0 rings (SSSR count). The summed E-state index contributed by atoms with van der Waals surface area (Å²) in [5.41, 5.74) is 0. The van der Waals surface area contributed by atoms with Gasteiger partial charge in [0.05, 0.1) is 0 Å². The third-order valence-corrected chi connectivity index (χ3v) is 9.75. The summed E-state index contributed by atoms with van der Waals surface area (Å²) >= 11 is 0. The lowest BCUT2D eigenvalue weighted by Crippen LogP contribution is -2.18. The number of carboxylic acids is 1. The van der Waals surface area contributed by atoms with Crippen molar-refractivity contribution in [2.75, 3.05) is 0 Å². The molecule has 1 atom stereocenters. The second-order valence-electron chi connectivity index (χ2n) is 14.9. The normalized spacial score (nSPS) is 12.8. The van der Waals surface area contributed by atoms with Crippen molar-refractivity contribution in [3.05, 3.63) is 60.8 Å². The lowest BCUT2D eigenvalue weighted by atomic mass is 10.0. The van der Waals surface area contributed by atoms with Gasteiger partial charge >= 0.3 is 11.9 Å². The summed E-state index contributed by atoms with van der Waals surface area (Å²) in [4.78, 5) is 23.4. The molecule has 0 aliphatic rings. The summed E-state index contributed by atoms with van der Waals surface area (Å²) < 4.78 is 6.04. The van der Waals surface area contributed by atoms with Crippen LogP contribution in [0.25, 0.3) is 0 Å². The molecule has 0 bridgehead atoms. The molecule has 0 aliphatic carbocycles. The topological polar surface area (TPSA) is 63.6 Å². The predicted octanol–water partition coefficient (Wildman–Crippen LogP) is 15.7. The van der Waals surface area contributed by atoms with Crippen LogP contribution in [-0.2, 0) is 14.3 Å². The zero-order chi connectivity index (χ0) is 37.8. The highest BCUT2D eigenvalue weighted by Gasteiger charge is 2.14. The third kappa shape index (κ3) is 42.1.